The van der Waals surface area contributed by atoms with Gasteiger partial charge in [-0.1, -0.05) is 18.2 Å². The van der Waals surface area contributed by atoms with Crippen LogP contribution in [0.4, 0.5) is 5.69 Å². The van der Waals surface area contributed by atoms with Crippen molar-refractivity contribution in [1.82, 2.24) is 5.32 Å². The van der Waals surface area contributed by atoms with Crippen LogP contribution in [-0.2, 0) is 6.42 Å². The Balaban J connectivity index is 1.79. The number of hydrogen-bond donors (Lipinski definition) is 3. The Kier molecular flexibility index (Phi) is 6.48. The summed E-state index contributed by atoms with van der Waals surface area (Å²) in [5.74, 6) is 0.882. The molecular formula is C17H22IN3O. The topological polar surface area (TPSA) is 73.3 Å². The zero-order chi connectivity index (χ0) is 15.9. The average Bonchev–Trinajstić information content (AvgIpc) is 2.53. The summed E-state index contributed by atoms with van der Waals surface area (Å²) < 4.78 is 6.34. The van der Waals surface area contributed by atoms with Gasteiger partial charge in [0.2, 0.25) is 0 Å². The van der Waals surface area contributed by atoms with E-state index < -0.39 is 0 Å². The molecule has 5 heteroatoms. The van der Waals surface area contributed by atoms with Crippen molar-refractivity contribution in [2.24, 2.45) is 5.73 Å². The first-order valence-corrected chi connectivity index (χ1v) is 8.32. The van der Waals surface area contributed by atoms with Gasteiger partial charge in [-0.05, 0) is 70.9 Å². The van der Waals surface area contributed by atoms with Gasteiger partial charge in [0, 0.05) is 18.3 Å². The first-order valence-electron chi connectivity index (χ1n) is 7.24. The number of hydrogen-bond acceptors (Lipinski definition) is 4. The van der Waals surface area contributed by atoms with Gasteiger partial charge in [0.05, 0.1) is 10.7 Å². The van der Waals surface area contributed by atoms with Crippen LogP contribution in [0.2, 0.25) is 0 Å². The van der Waals surface area contributed by atoms with Crippen LogP contribution in [0.3, 0.4) is 0 Å². The molecule has 118 valence electrons. The molecule has 4 nitrogen and oxygen atoms in total. The van der Waals surface area contributed by atoms with Gasteiger partial charge in [0.15, 0.2) is 0 Å². The van der Waals surface area contributed by atoms with Crippen molar-refractivity contribution < 1.29 is 4.74 Å². The Morgan fingerprint density at radius 3 is 2.55 bits per heavy atom. The minimum atomic E-state index is -0.0224. The summed E-state index contributed by atoms with van der Waals surface area (Å²) in [4.78, 5) is 0. The second-order valence-corrected chi connectivity index (χ2v) is 6.36. The first kappa shape index (κ1) is 17.1. The van der Waals surface area contributed by atoms with E-state index in [4.69, 9.17) is 16.2 Å². The second kappa shape index (κ2) is 8.36. The quantitative estimate of drug-likeness (QED) is 0.372. The van der Waals surface area contributed by atoms with E-state index in [2.05, 4.69) is 46.1 Å². The number of benzene rings is 2. The zero-order valence-electron chi connectivity index (χ0n) is 12.7. The molecule has 0 spiro atoms. The van der Waals surface area contributed by atoms with Crippen LogP contribution < -0.4 is 21.5 Å². The maximum absolute atomic E-state index is 6.23. The molecule has 1 unspecified atom stereocenters. The van der Waals surface area contributed by atoms with Gasteiger partial charge in [-0.2, -0.15) is 0 Å². The average molecular weight is 411 g/mol. The van der Waals surface area contributed by atoms with E-state index in [1.807, 2.05) is 24.3 Å². The summed E-state index contributed by atoms with van der Waals surface area (Å²) in [6, 6.07) is 14.0. The first-order chi connectivity index (χ1) is 10.6. The molecule has 2 aromatic carbocycles. The number of halogens is 1. The minimum absolute atomic E-state index is 0.0224. The van der Waals surface area contributed by atoms with Gasteiger partial charge >= 0.3 is 0 Å². The van der Waals surface area contributed by atoms with Crippen molar-refractivity contribution in [1.29, 1.82) is 0 Å². The van der Waals surface area contributed by atoms with Crippen LogP contribution in [-0.4, -0.2) is 20.2 Å². The highest BCUT2D eigenvalue weighted by atomic mass is 127. The third-order valence-electron chi connectivity index (χ3n) is 3.54. The molecule has 0 fully saturated rings. The Bertz CT molecular complexity index is 601. The number of rotatable bonds is 7. The van der Waals surface area contributed by atoms with Crippen molar-refractivity contribution in [3.8, 4) is 5.75 Å². The highest BCUT2D eigenvalue weighted by Crippen LogP contribution is 2.23. The van der Waals surface area contributed by atoms with E-state index in [1.165, 1.54) is 5.56 Å². The predicted octanol–water partition coefficient (Wildman–Crippen LogP) is 2.71. The van der Waals surface area contributed by atoms with Gasteiger partial charge in [0.25, 0.3) is 0 Å². The largest absolute Gasteiger partial charge is 0.496 e. The van der Waals surface area contributed by atoms with Crippen molar-refractivity contribution in [3.63, 3.8) is 0 Å². The molecule has 0 radical (unpaired) electrons. The lowest BCUT2D eigenvalue weighted by Gasteiger charge is -2.15. The lowest BCUT2D eigenvalue weighted by atomic mass is 10.1. The number of nitrogens with one attached hydrogen (secondary N) is 1. The van der Waals surface area contributed by atoms with Gasteiger partial charge in [-0.15, -0.1) is 0 Å². The fraction of sp³-hybridized carbons (Fsp3) is 0.294. The molecule has 22 heavy (non-hydrogen) atoms. The molecule has 1 atom stereocenters. The van der Waals surface area contributed by atoms with Crippen LogP contribution in [0, 0.1) is 3.57 Å². The van der Waals surface area contributed by atoms with E-state index in [1.54, 1.807) is 7.11 Å². The fourth-order valence-electron chi connectivity index (χ4n) is 2.21. The molecule has 0 saturated heterocycles. The summed E-state index contributed by atoms with van der Waals surface area (Å²) in [6.07, 6.45) is 0.965. The van der Waals surface area contributed by atoms with Crippen molar-refractivity contribution in [2.45, 2.75) is 12.5 Å². The summed E-state index contributed by atoms with van der Waals surface area (Å²) in [7, 11) is 1.68. The number of nitrogens with two attached hydrogens (primary N) is 2. The summed E-state index contributed by atoms with van der Waals surface area (Å²) in [6.45, 7) is 1.64. The third kappa shape index (κ3) is 4.86. The zero-order valence-corrected chi connectivity index (χ0v) is 14.8. The molecule has 0 amide bonds. The molecule has 2 aromatic rings. The summed E-state index contributed by atoms with van der Waals surface area (Å²) in [5, 5.41) is 3.40. The lowest BCUT2D eigenvalue weighted by molar-refractivity contribution is 0.411. The van der Waals surface area contributed by atoms with Gasteiger partial charge in [-0.3, -0.25) is 0 Å². The van der Waals surface area contributed by atoms with E-state index in [0.717, 1.165) is 40.1 Å². The van der Waals surface area contributed by atoms with Crippen molar-refractivity contribution in [2.75, 3.05) is 25.9 Å². The lowest BCUT2D eigenvalue weighted by Crippen LogP contribution is -2.28. The van der Waals surface area contributed by atoms with E-state index in [9.17, 15) is 0 Å². The normalized spacial score (nSPS) is 12.1. The maximum Gasteiger partial charge on any atom is 0.132 e. The monoisotopic (exact) mass is 411 g/mol. The van der Waals surface area contributed by atoms with Crippen LogP contribution in [0.25, 0.3) is 0 Å². The Hall–Kier alpha value is -1.31. The van der Waals surface area contributed by atoms with Gasteiger partial charge in [0.1, 0.15) is 5.75 Å². The molecule has 2 rings (SSSR count). The van der Waals surface area contributed by atoms with E-state index in [0.29, 0.717) is 0 Å². The molecule has 0 aliphatic heterocycles. The molecule has 0 aromatic heterocycles. The number of methoxy groups -OCH3 is 1. The molecule has 0 bridgehead atoms. The molecule has 5 N–H and O–H groups in total. The minimum Gasteiger partial charge on any atom is -0.496 e. The highest BCUT2D eigenvalue weighted by molar-refractivity contribution is 14.1. The van der Waals surface area contributed by atoms with Crippen LogP contribution in [0.15, 0.2) is 42.5 Å². The maximum atomic E-state index is 6.23. The van der Waals surface area contributed by atoms with Crippen LogP contribution in [0.1, 0.15) is 17.2 Å². The Morgan fingerprint density at radius 2 is 1.91 bits per heavy atom. The van der Waals surface area contributed by atoms with Crippen molar-refractivity contribution in [3.05, 3.63) is 57.2 Å². The third-order valence-corrected chi connectivity index (χ3v) is 4.38. The van der Waals surface area contributed by atoms with Crippen LogP contribution >= 0.6 is 22.6 Å². The Labute approximate surface area is 145 Å². The van der Waals surface area contributed by atoms with Crippen LogP contribution in [0.5, 0.6) is 5.75 Å². The van der Waals surface area contributed by atoms with Crippen molar-refractivity contribution >= 4 is 28.3 Å². The molecule has 0 heterocycles. The smallest absolute Gasteiger partial charge is 0.132 e. The number of anilines is 1. The van der Waals surface area contributed by atoms with Gasteiger partial charge in [-0.25, -0.2) is 0 Å². The standard InChI is InChI=1S/C17H22IN3O/c1-22-17-7-4-13(10-15(17)18)16(20)11-21-9-8-12-2-5-14(19)6-3-12/h2-7,10,16,21H,8-9,11,19-20H2,1H3. The summed E-state index contributed by atoms with van der Waals surface area (Å²) in [5.41, 5.74) is 15.1. The number of nitrogen functional groups attached to an aromatic ring is 1. The fourth-order valence-corrected chi connectivity index (χ4v) is 2.97. The molecule has 0 saturated carbocycles. The summed E-state index contributed by atoms with van der Waals surface area (Å²) >= 11 is 2.26. The van der Waals surface area contributed by atoms with E-state index >= 15 is 0 Å². The Morgan fingerprint density at radius 1 is 1.18 bits per heavy atom. The van der Waals surface area contributed by atoms with E-state index in [-0.39, 0.29) is 6.04 Å². The number of ether oxygens (including phenoxy) is 1. The van der Waals surface area contributed by atoms with Gasteiger partial charge < -0.3 is 21.5 Å². The predicted molar refractivity (Wildman–Crippen MR) is 100 cm³/mol. The highest BCUT2D eigenvalue weighted by Gasteiger charge is 2.08. The molecule has 0 aliphatic carbocycles. The SMILES string of the molecule is COc1ccc(C(N)CNCCc2ccc(N)cc2)cc1I. The molecular weight excluding hydrogens is 389 g/mol. The second-order valence-electron chi connectivity index (χ2n) is 5.20. The molecule has 0 aliphatic rings.